The summed E-state index contributed by atoms with van der Waals surface area (Å²) >= 11 is 0. The van der Waals surface area contributed by atoms with Crippen molar-refractivity contribution in [2.75, 3.05) is 46.4 Å². The summed E-state index contributed by atoms with van der Waals surface area (Å²) in [5, 5.41) is 2.85. The molecule has 1 aromatic heterocycles. The first-order chi connectivity index (χ1) is 12.2. The first kappa shape index (κ1) is 18.3. The van der Waals surface area contributed by atoms with E-state index in [1.54, 1.807) is 7.05 Å². The Morgan fingerprint density at radius 2 is 2.08 bits per heavy atom. The third-order valence-electron chi connectivity index (χ3n) is 5.29. The van der Waals surface area contributed by atoms with Crippen LogP contribution in [0.15, 0.2) is 18.2 Å². The van der Waals surface area contributed by atoms with Crippen LogP contribution >= 0.6 is 0 Å². The highest BCUT2D eigenvalue weighted by Gasteiger charge is 2.31. The van der Waals surface area contributed by atoms with Crippen LogP contribution in [-0.4, -0.2) is 73.2 Å². The van der Waals surface area contributed by atoms with Gasteiger partial charge in [0.2, 0.25) is 5.91 Å². The molecule has 0 saturated carbocycles. The van der Waals surface area contributed by atoms with Gasteiger partial charge in [-0.05, 0) is 31.9 Å². The molecule has 3 heterocycles. The van der Waals surface area contributed by atoms with Crippen LogP contribution in [-0.2, 0) is 16.1 Å². The smallest absolute Gasteiger partial charge is 0.225 e. The van der Waals surface area contributed by atoms with Crippen molar-refractivity contribution in [2.45, 2.75) is 32.4 Å². The topological polar surface area (TPSA) is 57.7 Å². The summed E-state index contributed by atoms with van der Waals surface area (Å²) in [4.78, 5) is 21.9. The van der Waals surface area contributed by atoms with E-state index in [2.05, 4.69) is 32.2 Å². The summed E-state index contributed by atoms with van der Waals surface area (Å²) in [7, 11) is 1.73. The minimum atomic E-state index is 0.000143. The number of rotatable bonds is 4. The van der Waals surface area contributed by atoms with E-state index in [4.69, 9.17) is 4.74 Å². The van der Waals surface area contributed by atoms with Crippen LogP contribution in [0.2, 0.25) is 0 Å². The predicted molar refractivity (Wildman–Crippen MR) is 97.2 cm³/mol. The molecule has 2 saturated heterocycles. The van der Waals surface area contributed by atoms with Crippen LogP contribution in [0, 0.1) is 12.8 Å². The molecule has 1 amide bonds. The Hall–Kier alpha value is -1.50. The largest absolute Gasteiger partial charge is 0.381 e. The molecule has 1 aromatic rings. The van der Waals surface area contributed by atoms with Crippen molar-refractivity contribution < 1.29 is 9.53 Å². The monoisotopic (exact) mass is 346 g/mol. The lowest BCUT2D eigenvalue weighted by atomic mass is 10.0. The van der Waals surface area contributed by atoms with Crippen LogP contribution in [0.5, 0.6) is 0 Å². The second kappa shape index (κ2) is 8.74. The molecule has 0 unspecified atom stereocenters. The Morgan fingerprint density at radius 1 is 1.28 bits per heavy atom. The third-order valence-corrected chi connectivity index (χ3v) is 5.29. The van der Waals surface area contributed by atoms with Crippen molar-refractivity contribution in [2.24, 2.45) is 5.92 Å². The van der Waals surface area contributed by atoms with Crippen LogP contribution in [0.1, 0.15) is 24.2 Å². The molecule has 25 heavy (non-hydrogen) atoms. The number of amides is 1. The molecule has 2 aliphatic heterocycles. The zero-order valence-corrected chi connectivity index (χ0v) is 15.4. The number of hydrogen-bond acceptors (Lipinski definition) is 5. The average molecular weight is 346 g/mol. The summed E-state index contributed by atoms with van der Waals surface area (Å²) in [6, 6.07) is 6.69. The molecule has 0 aliphatic carbocycles. The van der Waals surface area contributed by atoms with E-state index in [0.29, 0.717) is 6.04 Å². The van der Waals surface area contributed by atoms with Gasteiger partial charge in [-0.25, -0.2) is 0 Å². The molecule has 6 nitrogen and oxygen atoms in total. The number of nitrogens with zero attached hydrogens (tertiary/aromatic N) is 3. The molecule has 2 fully saturated rings. The Morgan fingerprint density at radius 3 is 2.80 bits per heavy atom. The first-order valence-electron chi connectivity index (χ1n) is 9.34. The molecule has 3 rings (SSSR count). The number of nitrogens with one attached hydrogen (secondary N) is 1. The van der Waals surface area contributed by atoms with E-state index in [9.17, 15) is 4.79 Å². The fourth-order valence-electron chi connectivity index (χ4n) is 3.92. The molecule has 0 bridgehead atoms. The van der Waals surface area contributed by atoms with Gasteiger partial charge in [0.25, 0.3) is 0 Å². The molecule has 138 valence electrons. The van der Waals surface area contributed by atoms with Crippen molar-refractivity contribution in [3.05, 3.63) is 29.6 Å². The van der Waals surface area contributed by atoms with Gasteiger partial charge >= 0.3 is 0 Å². The Kier molecular flexibility index (Phi) is 6.39. The molecule has 1 atom stereocenters. The maximum atomic E-state index is 12.4. The minimum Gasteiger partial charge on any atom is -0.381 e. The standard InChI is InChI=1S/C19H30N4O2/c1-15-4-3-5-17(21-15)14-22-8-9-23(18-6-10-25-11-7-18)13-16(12-22)19(24)20-2/h3-5,16,18H,6-14H2,1-2H3,(H,20,24)/t16-/m0/s1. The molecular formula is C19H30N4O2. The Bertz CT molecular complexity index is 574. The maximum absolute atomic E-state index is 12.4. The number of ether oxygens (including phenoxy) is 1. The van der Waals surface area contributed by atoms with Gasteiger partial charge in [0, 0.05) is 64.7 Å². The number of aryl methyl sites for hydroxylation is 1. The van der Waals surface area contributed by atoms with Crippen molar-refractivity contribution in [1.82, 2.24) is 20.1 Å². The summed E-state index contributed by atoms with van der Waals surface area (Å²) in [5.74, 6) is 0.140. The lowest BCUT2D eigenvalue weighted by Crippen LogP contribution is -2.45. The Balaban J connectivity index is 1.69. The molecule has 2 aliphatic rings. The van der Waals surface area contributed by atoms with Crippen LogP contribution < -0.4 is 5.32 Å². The molecule has 1 N–H and O–H groups in total. The summed E-state index contributed by atoms with van der Waals surface area (Å²) in [6.45, 7) is 8.09. The highest BCUT2D eigenvalue weighted by molar-refractivity contribution is 5.78. The highest BCUT2D eigenvalue weighted by Crippen LogP contribution is 2.20. The van der Waals surface area contributed by atoms with E-state index < -0.39 is 0 Å². The van der Waals surface area contributed by atoms with Crippen LogP contribution in [0.25, 0.3) is 0 Å². The predicted octanol–water partition coefficient (Wildman–Crippen LogP) is 1.05. The number of carbonyl (C=O) groups excluding carboxylic acids is 1. The zero-order valence-electron chi connectivity index (χ0n) is 15.4. The summed E-state index contributed by atoms with van der Waals surface area (Å²) < 4.78 is 5.50. The normalized spacial score (nSPS) is 24.0. The van der Waals surface area contributed by atoms with E-state index >= 15 is 0 Å². The van der Waals surface area contributed by atoms with Gasteiger partial charge in [0.05, 0.1) is 11.6 Å². The molecule has 0 spiro atoms. The summed E-state index contributed by atoms with van der Waals surface area (Å²) in [5.41, 5.74) is 2.12. The second-order valence-electron chi connectivity index (χ2n) is 7.16. The van der Waals surface area contributed by atoms with Gasteiger partial charge in [0.1, 0.15) is 0 Å². The van der Waals surface area contributed by atoms with Crippen molar-refractivity contribution in [3.63, 3.8) is 0 Å². The average Bonchev–Trinajstić information content (AvgIpc) is 2.85. The van der Waals surface area contributed by atoms with Gasteiger partial charge in [-0.1, -0.05) is 6.07 Å². The zero-order chi connectivity index (χ0) is 17.6. The fraction of sp³-hybridized carbons (Fsp3) is 0.684. The van der Waals surface area contributed by atoms with Crippen LogP contribution in [0.4, 0.5) is 0 Å². The first-order valence-corrected chi connectivity index (χ1v) is 9.34. The van der Waals surface area contributed by atoms with Crippen molar-refractivity contribution in [1.29, 1.82) is 0 Å². The SMILES string of the molecule is CNC(=O)[C@H]1CN(Cc2cccc(C)n2)CCN(C2CCOCC2)C1. The van der Waals surface area contributed by atoms with E-state index in [1.165, 1.54) is 0 Å². The minimum absolute atomic E-state index is 0.000143. The number of carbonyl (C=O) groups is 1. The quantitative estimate of drug-likeness (QED) is 0.883. The van der Waals surface area contributed by atoms with Gasteiger partial charge in [-0.2, -0.15) is 0 Å². The van der Waals surface area contributed by atoms with Gasteiger partial charge < -0.3 is 10.1 Å². The van der Waals surface area contributed by atoms with E-state index in [1.807, 2.05) is 13.0 Å². The van der Waals surface area contributed by atoms with E-state index in [-0.39, 0.29) is 11.8 Å². The van der Waals surface area contributed by atoms with Crippen LogP contribution in [0.3, 0.4) is 0 Å². The Labute approximate surface area is 150 Å². The molecule has 0 radical (unpaired) electrons. The second-order valence-corrected chi connectivity index (χ2v) is 7.16. The maximum Gasteiger partial charge on any atom is 0.225 e. The lowest BCUT2D eigenvalue weighted by Gasteiger charge is -2.34. The van der Waals surface area contributed by atoms with Crippen molar-refractivity contribution >= 4 is 5.91 Å². The van der Waals surface area contributed by atoms with E-state index in [0.717, 1.165) is 70.2 Å². The fourth-order valence-corrected chi connectivity index (χ4v) is 3.92. The number of hydrogen-bond donors (Lipinski definition) is 1. The molecular weight excluding hydrogens is 316 g/mol. The van der Waals surface area contributed by atoms with Crippen molar-refractivity contribution in [3.8, 4) is 0 Å². The summed E-state index contributed by atoms with van der Waals surface area (Å²) in [6.07, 6.45) is 2.14. The van der Waals surface area contributed by atoms with Gasteiger partial charge in [0.15, 0.2) is 0 Å². The number of pyridine rings is 1. The highest BCUT2D eigenvalue weighted by atomic mass is 16.5. The van der Waals surface area contributed by atoms with Gasteiger partial charge in [-0.3, -0.25) is 19.6 Å². The third kappa shape index (κ3) is 5.00. The lowest BCUT2D eigenvalue weighted by molar-refractivity contribution is -0.125. The molecule has 6 heteroatoms. The molecule has 0 aromatic carbocycles. The van der Waals surface area contributed by atoms with Gasteiger partial charge in [-0.15, -0.1) is 0 Å². The number of aromatic nitrogens is 1.